The molecule has 0 saturated heterocycles. The standard InChI is InChI=1S/C22H35O4P/c1-5-7-8-11-18-15-20(23)22(19-12-9-10-17(3)14-19)21(16-18)26-27(4,24)25-13-6-2/h14-16,19,23H,5-13H2,1-4H3. The third-order valence-electron chi connectivity index (χ3n) is 4.99. The van der Waals surface area contributed by atoms with E-state index < -0.39 is 7.60 Å². The number of hydrogen-bond acceptors (Lipinski definition) is 4. The maximum Gasteiger partial charge on any atom is 0.376 e. The lowest BCUT2D eigenvalue weighted by molar-refractivity contribution is 0.269. The lowest BCUT2D eigenvalue weighted by atomic mass is 9.84. The molecule has 0 aromatic heterocycles. The molecule has 1 N–H and O–H groups in total. The molecule has 1 aromatic rings. The summed E-state index contributed by atoms with van der Waals surface area (Å²) in [4.78, 5) is 0. The average molecular weight is 394 g/mol. The highest BCUT2D eigenvalue weighted by Gasteiger charge is 2.27. The van der Waals surface area contributed by atoms with Crippen LogP contribution in [0.5, 0.6) is 11.5 Å². The van der Waals surface area contributed by atoms with E-state index in [0.717, 1.165) is 62.5 Å². The van der Waals surface area contributed by atoms with Crippen molar-refractivity contribution in [3.63, 3.8) is 0 Å². The summed E-state index contributed by atoms with van der Waals surface area (Å²) < 4.78 is 24.1. The van der Waals surface area contributed by atoms with Crippen molar-refractivity contribution in [3.05, 3.63) is 34.9 Å². The molecule has 0 spiro atoms. The number of phenolic OH excluding ortho intramolecular Hbond substituents is 1. The zero-order valence-electron chi connectivity index (χ0n) is 17.3. The lowest BCUT2D eigenvalue weighted by Crippen LogP contribution is -2.07. The fourth-order valence-corrected chi connectivity index (χ4v) is 4.72. The first-order valence-electron chi connectivity index (χ1n) is 10.3. The molecule has 0 amide bonds. The highest BCUT2D eigenvalue weighted by atomic mass is 31.2. The molecule has 1 aliphatic rings. The molecule has 2 unspecified atom stereocenters. The van der Waals surface area contributed by atoms with Crippen LogP contribution in [0.3, 0.4) is 0 Å². The summed E-state index contributed by atoms with van der Waals surface area (Å²) in [7, 11) is -3.23. The minimum absolute atomic E-state index is 0.0876. The van der Waals surface area contributed by atoms with Crippen LogP contribution in [0.4, 0.5) is 0 Å². The van der Waals surface area contributed by atoms with Crippen LogP contribution in [0.25, 0.3) is 0 Å². The van der Waals surface area contributed by atoms with Crippen LogP contribution < -0.4 is 4.52 Å². The van der Waals surface area contributed by atoms with Crippen molar-refractivity contribution in [1.82, 2.24) is 0 Å². The first-order chi connectivity index (χ1) is 12.9. The first kappa shape index (κ1) is 22.0. The van der Waals surface area contributed by atoms with E-state index in [9.17, 15) is 9.67 Å². The Hall–Kier alpha value is -1.25. The summed E-state index contributed by atoms with van der Waals surface area (Å²) >= 11 is 0. The van der Waals surface area contributed by atoms with Crippen molar-refractivity contribution < 1.29 is 18.7 Å². The molecule has 0 saturated carbocycles. The maximum atomic E-state index is 12.8. The van der Waals surface area contributed by atoms with E-state index in [1.54, 1.807) is 0 Å². The van der Waals surface area contributed by atoms with Gasteiger partial charge in [-0.15, -0.1) is 0 Å². The molecule has 0 bridgehead atoms. The number of unbranched alkanes of at least 4 members (excludes halogenated alkanes) is 2. The predicted octanol–water partition coefficient (Wildman–Crippen LogP) is 6.97. The molecule has 0 fully saturated rings. The Bertz CT molecular complexity index is 696. The summed E-state index contributed by atoms with van der Waals surface area (Å²) in [6, 6.07) is 3.80. The molecule has 4 nitrogen and oxygen atoms in total. The van der Waals surface area contributed by atoms with Crippen molar-refractivity contribution in [2.75, 3.05) is 13.3 Å². The number of rotatable bonds is 10. The van der Waals surface area contributed by atoms with Crippen LogP contribution in [0.1, 0.15) is 82.8 Å². The molecule has 5 heteroatoms. The number of aromatic hydroxyl groups is 1. The van der Waals surface area contributed by atoms with E-state index in [2.05, 4.69) is 19.9 Å². The number of hydrogen-bond donors (Lipinski definition) is 1. The second-order valence-corrected chi connectivity index (χ2v) is 9.67. The van der Waals surface area contributed by atoms with Crippen LogP contribution in [-0.2, 0) is 15.5 Å². The van der Waals surface area contributed by atoms with E-state index in [1.807, 2.05) is 19.1 Å². The molecule has 0 heterocycles. The summed E-state index contributed by atoms with van der Waals surface area (Å²) in [5.41, 5.74) is 3.09. The summed E-state index contributed by atoms with van der Waals surface area (Å²) in [5, 5.41) is 10.8. The molecule has 27 heavy (non-hydrogen) atoms. The maximum absolute atomic E-state index is 12.8. The zero-order chi connectivity index (χ0) is 19.9. The third kappa shape index (κ3) is 6.69. The summed E-state index contributed by atoms with van der Waals surface area (Å²) in [6.07, 6.45) is 10.4. The van der Waals surface area contributed by atoms with Crippen LogP contribution in [-0.4, -0.2) is 18.4 Å². The lowest BCUT2D eigenvalue weighted by Gasteiger charge is -2.25. The molecule has 2 rings (SSSR count). The highest BCUT2D eigenvalue weighted by Crippen LogP contribution is 2.50. The number of benzene rings is 1. The Morgan fingerprint density at radius 2 is 2.00 bits per heavy atom. The van der Waals surface area contributed by atoms with E-state index in [0.29, 0.717) is 12.4 Å². The monoisotopic (exact) mass is 394 g/mol. The Morgan fingerprint density at radius 3 is 2.67 bits per heavy atom. The SMILES string of the molecule is CCCCCc1cc(O)c(C2C=C(C)CCC2)c(OP(C)(=O)OCCC)c1. The Kier molecular flexibility index (Phi) is 8.44. The first-order valence-corrected chi connectivity index (χ1v) is 12.3. The topological polar surface area (TPSA) is 55.8 Å². The number of aryl methyl sites for hydroxylation is 1. The smallest absolute Gasteiger partial charge is 0.376 e. The van der Waals surface area contributed by atoms with Gasteiger partial charge in [-0.3, -0.25) is 4.52 Å². The normalized spacial score (nSPS) is 19.4. The van der Waals surface area contributed by atoms with Gasteiger partial charge in [0.25, 0.3) is 0 Å². The molecule has 0 radical (unpaired) electrons. The summed E-state index contributed by atoms with van der Waals surface area (Å²) in [6.45, 7) is 8.17. The largest absolute Gasteiger partial charge is 0.507 e. The van der Waals surface area contributed by atoms with Crippen molar-refractivity contribution >= 4 is 7.60 Å². The quantitative estimate of drug-likeness (QED) is 0.264. The Labute approximate surface area is 164 Å². The second-order valence-electron chi connectivity index (χ2n) is 7.69. The van der Waals surface area contributed by atoms with E-state index in [-0.39, 0.29) is 11.7 Å². The van der Waals surface area contributed by atoms with E-state index >= 15 is 0 Å². The third-order valence-corrected chi connectivity index (χ3v) is 6.17. The Morgan fingerprint density at radius 1 is 1.22 bits per heavy atom. The van der Waals surface area contributed by atoms with Gasteiger partial charge in [0.2, 0.25) is 0 Å². The van der Waals surface area contributed by atoms with Crippen molar-refractivity contribution in [2.45, 2.75) is 78.1 Å². The fraction of sp³-hybridized carbons (Fsp3) is 0.636. The van der Waals surface area contributed by atoms with Gasteiger partial charge >= 0.3 is 7.60 Å². The molecule has 1 aliphatic carbocycles. The van der Waals surface area contributed by atoms with Crippen LogP contribution >= 0.6 is 7.60 Å². The van der Waals surface area contributed by atoms with Gasteiger partial charge in [-0.2, -0.15) is 0 Å². The average Bonchev–Trinajstić information content (AvgIpc) is 2.59. The Balaban J connectivity index is 2.38. The van der Waals surface area contributed by atoms with Gasteiger partial charge in [-0.05, 0) is 63.1 Å². The van der Waals surface area contributed by atoms with Gasteiger partial charge in [0, 0.05) is 18.1 Å². The van der Waals surface area contributed by atoms with Gasteiger partial charge in [0.1, 0.15) is 11.5 Å². The minimum atomic E-state index is -3.23. The molecular weight excluding hydrogens is 359 g/mol. The van der Waals surface area contributed by atoms with Crippen molar-refractivity contribution in [2.24, 2.45) is 0 Å². The molecule has 2 atom stereocenters. The molecule has 152 valence electrons. The zero-order valence-corrected chi connectivity index (χ0v) is 18.2. The van der Waals surface area contributed by atoms with Gasteiger partial charge in [0.05, 0.1) is 6.61 Å². The number of allylic oxidation sites excluding steroid dienone is 2. The summed E-state index contributed by atoms with van der Waals surface area (Å²) in [5.74, 6) is 0.842. The van der Waals surface area contributed by atoms with E-state index in [4.69, 9.17) is 9.05 Å². The van der Waals surface area contributed by atoms with Gasteiger partial charge in [-0.1, -0.05) is 38.3 Å². The predicted molar refractivity (Wildman–Crippen MR) is 112 cm³/mol. The van der Waals surface area contributed by atoms with Gasteiger partial charge in [-0.25, -0.2) is 4.57 Å². The van der Waals surface area contributed by atoms with Gasteiger partial charge in [0.15, 0.2) is 0 Å². The van der Waals surface area contributed by atoms with Crippen LogP contribution in [0.2, 0.25) is 0 Å². The van der Waals surface area contributed by atoms with Crippen LogP contribution in [0.15, 0.2) is 23.8 Å². The van der Waals surface area contributed by atoms with E-state index in [1.165, 1.54) is 12.2 Å². The minimum Gasteiger partial charge on any atom is -0.507 e. The second kappa shape index (κ2) is 10.3. The molecule has 0 aliphatic heterocycles. The van der Waals surface area contributed by atoms with Crippen molar-refractivity contribution in [1.29, 1.82) is 0 Å². The fourth-order valence-electron chi connectivity index (χ4n) is 3.64. The molecular formula is C22H35O4P. The number of phenols is 1. The molecule has 1 aromatic carbocycles. The van der Waals surface area contributed by atoms with Crippen molar-refractivity contribution in [3.8, 4) is 11.5 Å². The van der Waals surface area contributed by atoms with Gasteiger partial charge < -0.3 is 9.63 Å². The van der Waals surface area contributed by atoms with Crippen LogP contribution in [0, 0.1) is 0 Å². The highest BCUT2D eigenvalue weighted by molar-refractivity contribution is 7.53.